The van der Waals surface area contributed by atoms with Crippen LogP contribution in [0.4, 0.5) is 5.69 Å². The second kappa shape index (κ2) is 8.55. The van der Waals surface area contributed by atoms with Gasteiger partial charge in [-0.1, -0.05) is 12.1 Å². The minimum absolute atomic E-state index is 0.164. The molecule has 1 aliphatic heterocycles. The summed E-state index contributed by atoms with van der Waals surface area (Å²) in [5, 5.41) is 4.13. The second-order valence-corrected chi connectivity index (χ2v) is 6.38. The van der Waals surface area contributed by atoms with Crippen LogP contribution in [0.5, 0.6) is 0 Å². The van der Waals surface area contributed by atoms with E-state index in [1.807, 2.05) is 24.5 Å². The molecule has 1 fully saturated rings. The van der Waals surface area contributed by atoms with Crippen molar-refractivity contribution in [2.45, 2.75) is 6.54 Å². The molecule has 1 aromatic heterocycles. The number of nitrogens with two attached hydrogens (primary N) is 1. The number of pyridine rings is 1. The lowest BCUT2D eigenvalue weighted by molar-refractivity contribution is 0.250. The molecule has 0 aliphatic carbocycles. The summed E-state index contributed by atoms with van der Waals surface area (Å²) in [6, 6.07) is 12.5. The summed E-state index contributed by atoms with van der Waals surface area (Å²) in [7, 11) is 0. The Morgan fingerprint density at radius 3 is 2.44 bits per heavy atom. The molecule has 2 aromatic rings. The lowest BCUT2D eigenvalue weighted by atomic mass is 10.2. The summed E-state index contributed by atoms with van der Waals surface area (Å²) >= 11 is 4.71. The summed E-state index contributed by atoms with van der Waals surface area (Å²) in [4.78, 5) is 8.97. The van der Waals surface area contributed by atoms with E-state index in [0.29, 0.717) is 0 Å². The molecule has 1 aromatic carbocycles. The zero-order chi connectivity index (χ0) is 17.5. The first-order valence-corrected chi connectivity index (χ1v) is 8.66. The van der Waals surface area contributed by atoms with E-state index in [-0.39, 0.29) is 5.11 Å². The van der Waals surface area contributed by atoms with E-state index in [1.54, 1.807) is 6.21 Å². The molecule has 0 radical (unpaired) electrons. The van der Waals surface area contributed by atoms with E-state index in [0.717, 1.165) is 38.3 Å². The molecule has 6 nitrogen and oxygen atoms in total. The summed E-state index contributed by atoms with van der Waals surface area (Å²) in [5.41, 5.74) is 11.4. The third-order valence-corrected chi connectivity index (χ3v) is 4.27. The average Bonchev–Trinajstić information content (AvgIpc) is 2.64. The van der Waals surface area contributed by atoms with Crippen molar-refractivity contribution in [3.63, 3.8) is 0 Å². The van der Waals surface area contributed by atoms with Crippen LogP contribution in [0.1, 0.15) is 11.1 Å². The standard InChI is InChI=1S/C18H22N6S/c19-18(25)22-21-13-15-1-3-17(4-2-15)24-11-9-23(10-12-24)14-16-5-7-20-8-6-16/h1-8,13H,9-12,14H2,(H3,19,22,25). The van der Waals surface area contributed by atoms with Gasteiger partial charge in [-0.25, -0.2) is 0 Å². The maximum atomic E-state index is 5.33. The van der Waals surface area contributed by atoms with Crippen LogP contribution in [-0.2, 0) is 6.54 Å². The quantitative estimate of drug-likeness (QED) is 0.483. The van der Waals surface area contributed by atoms with E-state index in [1.165, 1.54) is 11.3 Å². The Labute approximate surface area is 153 Å². The SMILES string of the molecule is NC(=S)NN=Cc1ccc(N2CCN(Cc3ccncc3)CC2)cc1. The molecule has 0 atom stereocenters. The molecule has 2 heterocycles. The van der Waals surface area contributed by atoms with Crippen LogP contribution in [0.25, 0.3) is 0 Å². The van der Waals surface area contributed by atoms with Crippen molar-refractivity contribution in [3.8, 4) is 0 Å². The second-order valence-electron chi connectivity index (χ2n) is 5.94. The largest absolute Gasteiger partial charge is 0.375 e. The van der Waals surface area contributed by atoms with Crippen LogP contribution in [0.15, 0.2) is 53.9 Å². The first-order chi connectivity index (χ1) is 12.2. The van der Waals surface area contributed by atoms with E-state index in [4.69, 9.17) is 18.0 Å². The molecular weight excluding hydrogens is 332 g/mol. The molecule has 0 spiro atoms. The highest BCUT2D eigenvalue weighted by molar-refractivity contribution is 7.80. The zero-order valence-corrected chi connectivity index (χ0v) is 14.8. The van der Waals surface area contributed by atoms with Crippen molar-refractivity contribution in [2.24, 2.45) is 10.8 Å². The molecule has 0 bridgehead atoms. The van der Waals surface area contributed by atoms with Crippen LogP contribution in [0, 0.1) is 0 Å². The Hall–Kier alpha value is -2.51. The van der Waals surface area contributed by atoms with Gasteiger partial charge in [0.15, 0.2) is 5.11 Å². The highest BCUT2D eigenvalue weighted by atomic mass is 32.1. The Morgan fingerprint density at radius 1 is 1.12 bits per heavy atom. The van der Waals surface area contributed by atoms with Crippen LogP contribution in [0.3, 0.4) is 0 Å². The summed E-state index contributed by atoms with van der Waals surface area (Å²) in [6.07, 6.45) is 5.41. The van der Waals surface area contributed by atoms with Crippen LogP contribution in [0.2, 0.25) is 0 Å². The maximum absolute atomic E-state index is 5.33. The molecular formula is C18H22N6S. The maximum Gasteiger partial charge on any atom is 0.184 e. The van der Waals surface area contributed by atoms with Crippen molar-refractivity contribution in [2.75, 3.05) is 31.1 Å². The molecule has 3 N–H and O–H groups in total. The van der Waals surface area contributed by atoms with Gasteiger partial charge in [0, 0.05) is 50.8 Å². The Bertz CT molecular complexity index is 708. The first-order valence-electron chi connectivity index (χ1n) is 8.25. The van der Waals surface area contributed by atoms with Crippen molar-refractivity contribution in [3.05, 3.63) is 59.9 Å². The number of nitrogens with one attached hydrogen (secondary N) is 1. The van der Waals surface area contributed by atoms with Gasteiger partial charge in [-0.3, -0.25) is 15.3 Å². The Morgan fingerprint density at radius 2 is 1.80 bits per heavy atom. The zero-order valence-electron chi connectivity index (χ0n) is 14.0. The van der Waals surface area contributed by atoms with Gasteiger partial charge in [0.1, 0.15) is 0 Å². The Kier molecular flexibility index (Phi) is 5.92. The van der Waals surface area contributed by atoms with E-state index in [9.17, 15) is 0 Å². The van der Waals surface area contributed by atoms with Gasteiger partial charge in [-0.15, -0.1) is 0 Å². The molecule has 0 unspecified atom stereocenters. The normalized spacial score (nSPS) is 15.4. The van der Waals surface area contributed by atoms with Gasteiger partial charge in [-0.2, -0.15) is 5.10 Å². The molecule has 0 saturated carbocycles. The summed E-state index contributed by atoms with van der Waals surface area (Å²) < 4.78 is 0. The molecule has 7 heteroatoms. The smallest absolute Gasteiger partial charge is 0.184 e. The summed E-state index contributed by atoms with van der Waals surface area (Å²) in [5.74, 6) is 0. The molecule has 1 saturated heterocycles. The molecule has 130 valence electrons. The van der Waals surface area contributed by atoms with Crippen molar-refractivity contribution in [1.29, 1.82) is 0 Å². The molecule has 3 rings (SSSR count). The predicted molar refractivity (Wildman–Crippen MR) is 106 cm³/mol. The third kappa shape index (κ3) is 5.23. The van der Waals surface area contributed by atoms with Crippen LogP contribution >= 0.6 is 12.2 Å². The predicted octanol–water partition coefficient (Wildman–Crippen LogP) is 1.57. The summed E-state index contributed by atoms with van der Waals surface area (Å²) in [6.45, 7) is 5.16. The number of hydrogen-bond acceptors (Lipinski definition) is 5. The van der Waals surface area contributed by atoms with E-state index in [2.05, 4.69) is 49.6 Å². The highest BCUT2D eigenvalue weighted by Gasteiger charge is 2.17. The fourth-order valence-electron chi connectivity index (χ4n) is 2.85. The van der Waals surface area contributed by atoms with E-state index >= 15 is 0 Å². The van der Waals surface area contributed by atoms with Crippen molar-refractivity contribution >= 4 is 29.2 Å². The number of hydrazone groups is 1. The molecule has 1 aliphatic rings. The highest BCUT2D eigenvalue weighted by Crippen LogP contribution is 2.17. The van der Waals surface area contributed by atoms with Gasteiger partial charge in [0.2, 0.25) is 0 Å². The van der Waals surface area contributed by atoms with Gasteiger partial charge >= 0.3 is 0 Å². The number of nitrogens with zero attached hydrogens (tertiary/aromatic N) is 4. The number of thiocarbonyl (C=S) groups is 1. The van der Waals surface area contributed by atoms with E-state index < -0.39 is 0 Å². The first kappa shape index (κ1) is 17.3. The van der Waals surface area contributed by atoms with Crippen LogP contribution < -0.4 is 16.1 Å². The fourth-order valence-corrected chi connectivity index (χ4v) is 2.90. The number of aromatic nitrogens is 1. The number of rotatable bonds is 5. The molecule has 25 heavy (non-hydrogen) atoms. The topological polar surface area (TPSA) is 69.8 Å². The number of benzene rings is 1. The fraction of sp³-hybridized carbons (Fsp3) is 0.278. The lowest BCUT2D eigenvalue weighted by Crippen LogP contribution is -2.45. The van der Waals surface area contributed by atoms with Gasteiger partial charge in [0.05, 0.1) is 6.21 Å². The van der Waals surface area contributed by atoms with Gasteiger partial charge < -0.3 is 10.6 Å². The van der Waals surface area contributed by atoms with Crippen molar-refractivity contribution in [1.82, 2.24) is 15.3 Å². The minimum Gasteiger partial charge on any atom is -0.375 e. The number of hydrogen-bond donors (Lipinski definition) is 2. The van der Waals surface area contributed by atoms with Gasteiger partial charge in [0.25, 0.3) is 0 Å². The molecule has 0 amide bonds. The number of piperazine rings is 1. The number of anilines is 1. The van der Waals surface area contributed by atoms with Gasteiger partial charge in [-0.05, 0) is 47.6 Å². The third-order valence-electron chi connectivity index (χ3n) is 4.17. The van der Waals surface area contributed by atoms with Crippen molar-refractivity contribution < 1.29 is 0 Å². The minimum atomic E-state index is 0.164. The Balaban J connectivity index is 1.51. The monoisotopic (exact) mass is 354 g/mol. The van der Waals surface area contributed by atoms with Crippen LogP contribution in [-0.4, -0.2) is 47.4 Å². The lowest BCUT2D eigenvalue weighted by Gasteiger charge is -2.36. The average molecular weight is 354 g/mol.